The van der Waals surface area contributed by atoms with Gasteiger partial charge in [0, 0.05) is 5.69 Å². The van der Waals surface area contributed by atoms with Gasteiger partial charge in [0.1, 0.15) is 11.6 Å². The number of anilines is 1. The van der Waals surface area contributed by atoms with E-state index in [1.807, 2.05) is 30.3 Å². The molecule has 0 fully saturated rings. The minimum Gasteiger partial charge on any atom is -0.510 e. The van der Waals surface area contributed by atoms with E-state index in [2.05, 4.69) is 0 Å². The van der Waals surface area contributed by atoms with Gasteiger partial charge in [0.2, 0.25) is 0 Å². The van der Waals surface area contributed by atoms with Crippen molar-refractivity contribution in [2.75, 3.05) is 11.4 Å². The fraction of sp³-hybridized carbons (Fsp3) is 0.200. The summed E-state index contributed by atoms with van der Waals surface area (Å²) in [5.74, 6) is -0.500. The zero-order chi connectivity index (χ0) is 18.2. The molecule has 0 radical (unpaired) electrons. The van der Waals surface area contributed by atoms with Crippen molar-refractivity contribution in [1.29, 1.82) is 5.41 Å². The van der Waals surface area contributed by atoms with E-state index >= 15 is 0 Å². The summed E-state index contributed by atoms with van der Waals surface area (Å²) < 4.78 is 0. The standard InChI is InChI=1S/C20H20N2O3/c1-20(2,19(24)25)14-8-10-15(11-9-14)22-12-16(23)17(18(22)21)13-6-4-3-5-7-13/h3-11,21,23H,12H2,1-2H3,(H,24,25). The van der Waals surface area contributed by atoms with Gasteiger partial charge in [-0.2, -0.15) is 0 Å². The number of aliphatic carboxylic acids is 1. The third-order valence-electron chi connectivity index (χ3n) is 4.60. The Kier molecular flexibility index (Phi) is 4.08. The van der Waals surface area contributed by atoms with Crippen LogP contribution in [0, 0.1) is 5.41 Å². The van der Waals surface area contributed by atoms with Crippen LogP contribution in [0.4, 0.5) is 5.69 Å². The average molecular weight is 336 g/mol. The van der Waals surface area contributed by atoms with Crippen molar-refractivity contribution >= 4 is 23.1 Å². The van der Waals surface area contributed by atoms with Gasteiger partial charge < -0.3 is 15.1 Å². The first-order valence-corrected chi connectivity index (χ1v) is 8.00. The van der Waals surface area contributed by atoms with E-state index < -0.39 is 11.4 Å². The largest absolute Gasteiger partial charge is 0.510 e. The molecule has 0 saturated heterocycles. The number of benzene rings is 2. The molecule has 2 aromatic carbocycles. The molecule has 0 spiro atoms. The van der Waals surface area contributed by atoms with Gasteiger partial charge in [0.15, 0.2) is 0 Å². The second-order valence-electron chi connectivity index (χ2n) is 6.60. The molecule has 0 atom stereocenters. The molecule has 0 bridgehead atoms. The van der Waals surface area contributed by atoms with E-state index in [1.165, 1.54) is 0 Å². The van der Waals surface area contributed by atoms with E-state index in [0.29, 0.717) is 11.1 Å². The minimum absolute atomic E-state index is 0.158. The number of hydrogen-bond acceptors (Lipinski definition) is 3. The summed E-state index contributed by atoms with van der Waals surface area (Å²) in [6.45, 7) is 3.54. The molecule has 128 valence electrons. The molecule has 0 amide bonds. The van der Waals surface area contributed by atoms with Crippen molar-refractivity contribution in [2.45, 2.75) is 19.3 Å². The van der Waals surface area contributed by atoms with E-state index in [-0.39, 0.29) is 18.1 Å². The van der Waals surface area contributed by atoms with E-state index in [4.69, 9.17) is 5.41 Å². The summed E-state index contributed by atoms with van der Waals surface area (Å²) in [7, 11) is 0. The highest BCUT2D eigenvalue weighted by Crippen LogP contribution is 2.32. The fourth-order valence-corrected chi connectivity index (χ4v) is 2.89. The Morgan fingerprint density at radius 2 is 1.68 bits per heavy atom. The Bertz CT molecular complexity index is 852. The summed E-state index contributed by atoms with van der Waals surface area (Å²) in [6, 6.07) is 16.4. The summed E-state index contributed by atoms with van der Waals surface area (Å²) in [5, 5.41) is 28.1. The highest BCUT2D eigenvalue weighted by atomic mass is 16.4. The van der Waals surface area contributed by atoms with Crippen molar-refractivity contribution < 1.29 is 15.0 Å². The fourth-order valence-electron chi connectivity index (χ4n) is 2.89. The van der Waals surface area contributed by atoms with Crippen LogP contribution in [0.1, 0.15) is 25.0 Å². The minimum atomic E-state index is -0.980. The summed E-state index contributed by atoms with van der Waals surface area (Å²) in [6.07, 6.45) is 0. The van der Waals surface area contributed by atoms with Crippen LogP contribution in [0.2, 0.25) is 0 Å². The third kappa shape index (κ3) is 2.89. The zero-order valence-corrected chi connectivity index (χ0v) is 14.2. The molecule has 3 N–H and O–H groups in total. The second kappa shape index (κ2) is 6.09. The van der Waals surface area contributed by atoms with Gasteiger partial charge in [-0.3, -0.25) is 10.2 Å². The maximum absolute atomic E-state index is 11.4. The zero-order valence-electron chi connectivity index (χ0n) is 14.2. The van der Waals surface area contributed by atoms with Gasteiger partial charge in [-0.05, 0) is 37.1 Å². The first-order valence-electron chi connectivity index (χ1n) is 8.00. The highest BCUT2D eigenvalue weighted by Gasteiger charge is 2.31. The molecule has 5 nitrogen and oxygen atoms in total. The van der Waals surface area contributed by atoms with E-state index in [0.717, 1.165) is 11.3 Å². The lowest BCUT2D eigenvalue weighted by atomic mass is 9.85. The molecule has 0 unspecified atom stereocenters. The lowest BCUT2D eigenvalue weighted by molar-refractivity contribution is -0.142. The molecule has 25 heavy (non-hydrogen) atoms. The Labute approximate surface area is 146 Å². The molecule has 5 heteroatoms. The molecule has 0 saturated carbocycles. The summed E-state index contributed by atoms with van der Waals surface area (Å²) >= 11 is 0. The van der Waals surface area contributed by atoms with Crippen molar-refractivity contribution in [1.82, 2.24) is 0 Å². The van der Waals surface area contributed by atoms with Gasteiger partial charge >= 0.3 is 5.97 Å². The Hall–Kier alpha value is -3.08. The monoisotopic (exact) mass is 336 g/mol. The number of hydrogen-bond donors (Lipinski definition) is 3. The first-order chi connectivity index (χ1) is 11.8. The van der Waals surface area contributed by atoms with Crippen LogP contribution in [0.3, 0.4) is 0 Å². The molecule has 0 aliphatic carbocycles. The molecule has 1 aliphatic rings. The highest BCUT2D eigenvalue weighted by molar-refractivity contribution is 6.30. The number of carbonyl (C=O) groups is 1. The van der Waals surface area contributed by atoms with E-state index in [9.17, 15) is 15.0 Å². The average Bonchev–Trinajstić information content (AvgIpc) is 2.90. The number of rotatable bonds is 4. The number of aliphatic hydroxyl groups is 1. The van der Waals surface area contributed by atoms with Gasteiger partial charge in [0.25, 0.3) is 0 Å². The van der Waals surface area contributed by atoms with Crippen molar-refractivity contribution in [3.63, 3.8) is 0 Å². The van der Waals surface area contributed by atoms with Gasteiger partial charge in [-0.25, -0.2) is 0 Å². The van der Waals surface area contributed by atoms with Crippen LogP contribution in [0.15, 0.2) is 60.4 Å². The summed E-state index contributed by atoms with van der Waals surface area (Å²) in [4.78, 5) is 13.1. The number of nitrogens with zero attached hydrogens (tertiary/aromatic N) is 1. The van der Waals surface area contributed by atoms with Crippen LogP contribution >= 0.6 is 0 Å². The lowest BCUT2D eigenvalue weighted by Crippen LogP contribution is -2.29. The number of nitrogens with one attached hydrogen (secondary N) is 1. The Morgan fingerprint density at radius 3 is 2.24 bits per heavy atom. The van der Waals surface area contributed by atoms with Crippen molar-refractivity contribution in [3.05, 3.63) is 71.5 Å². The lowest BCUT2D eigenvalue weighted by Gasteiger charge is -2.23. The normalized spacial score (nSPS) is 15.0. The molecule has 3 rings (SSSR count). The van der Waals surface area contributed by atoms with Gasteiger partial charge in [0.05, 0.1) is 17.5 Å². The van der Waals surface area contributed by atoms with E-state index in [1.54, 1.807) is 43.0 Å². The summed E-state index contributed by atoms with van der Waals surface area (Å²) in [5.41, 5.74) is 1.78. The van der Waals surface area contributed by atoms with Gasteiger partial charge in [-0.1, -0.05) is 42.5 Å². The molecular formula is C20H20N2O3. The second-order valence-corrected chi connectivity index (χ2v) is 6.60. The molecule has 2 aromatic rings. The molecule has 1 aliphatic heterocycles. The molecule has 0 aromatic heterocycles. The molecule has 1 heterocycles. The SMILES string of the molecule is CC(C)(C(=O)O)c1ccc(N2CC(O)=C(c3ccccc3)C2=N)cc1. The maximum Gasteiger partial charge on any atom is 0.313 e. The number of carboxylic acids is 1. The predicted octanol–water partition coefficient (Wildman–Crippen LogP) is 3.82. The van der Waals surface area contributed by atoms with Crippen molar-refractivity contribution in [2.24, 2.45) is 0 Å². The predicted molar refractivity (Wildman–Crippen MR) is 98.2 cm³/mol. The number of carboxylic acid groups (broad SMARTS) is 1. The quantitative estimate of drug-likeness (QED) is 0.792. The van der Waals surface area contributed by atoms with Crippen LogP contribution in [0.5, 0.6) is 0 Å². The first kappa shape index (κ1) is 16.8. The third-order valence-corrected chi connectivity index (χ3v) is 4.60. The van der Waals surface area contributed by atoms with Crippen LogP contribution in [-0.2, 0) is 10.2 Å². The van der Waals surface area contributed by atoms with Crippen LogP contribution in [0.25, 0.3) is 5.57 Å². The maximum atomic E-state index is 11.4. The van der Waals surface area contributed by atoms with Gasteiger partial charge in [-0.15, -0.1) is 0 Å². The van der Waals surface area contributed by atoms with Crippen LogP contribution in [-0.4, -0.2) is 28.6 Å². The van der Waals surface area contributed by atoms with Crippen molar-refractivity contribution in [3.8, 4) is 0 Å². The smallest absolute Gasteiger partial charge is 0.313 e. The number of aliphatic hydroxyl groups excluding tert-OH is 1. The molecular weight excluding hydrogens is 316 g/mol. The van der Waals surface area contributed by atoms with Crippen LogP contribution < -0.4 is 4.90 Å². The Balaban J connectivity index is 1.88. The Morgan fingerprint density at radius 1 is 1.08 bits per heavy atom. The number of amidine groups is 1. The topological polar surface area (TPSA) is 84.6 Å².